The van der Waals surface area contributed by atoms with Crippen LogP contribution in [0.4, 0.5) is 17.5 Å². The number of amides is 2. The van der Waals surface area contributed by atoms with Crippen molar-refractivity contribution in [1.29, 1.82) is 0 Å². The first-order chi connectivity index (χ1) is 17.3. The number of nitrogens with zero attached hydrogens (tertiary/aromatic N) is 7. The molecule has 0 spiro atoms. The van der Waals surface area contributed by atoms with Crippen LogP contribution in [0.1, 0.15) is 34.1 Å². The van der Waals surface area contributed by atoms with E-state index in [1.54, 1.807) is 49.3 Å². The number of anilines is 3. The highest BCUT2D eigenvalue weighted by Crippen LogP contribution is 2.33. The number of rotatable bonds is 8. The van der Waals surface area contributed by atoms with Gasteiger partial charge >= 0.3 is 0 Å². The number of benzene rings is 1. The lowest BCUT2D eigenvalue weighted by Gasteiger charge is -2.37. The lowest BCUT2D eigenvalue weighted by molar-refractivity contribution is -0.128. The quantitative estimate of drug-likeness (QED) is 0.378. The fraction of sp³-hybridized carbons (Fsp3) is 0.333. The van der Waals surface area contributed by atoms with Gasteiger partial charge in [-0.15, -0.1) is 0 Å². The smallest absolute Gasteiger partial charge is 0.298 e. The zero-order valence-electron chi connectivity index (χ0n) is 20.3. The van der Waals surface area contributed by atoms with Crippen LogP contribution in [0.2, 0.25) is 0 Å². The summed E-state index contributed by atoms with van der Waals surface area (Å²) in [4.78, 5) is 41.0. The fourth-order valence-electron chi connectivity index (χ4n) is 4.03. The van der Waals surface area contributed by atoms with Gasteiger partial charge in [-0.25, -0.2) is 9.97 Å². The predicted octanol–water partition coefficient (Wildman–Crippen LogP) is 1.82. The summed E-state index contributed by atoms with van der Waals surface area (Å²) in [6, 6.07) is 6.34. The minimum atomic E-state index is -0.658. The maximum atomic E-state index is 12.0. The number of oxazole rings is 1. The van der Waals surface area contributed by atoms with Crippen LogP contribution < -0.4 is 16.0 Å². The molecule has 4 heterocycles. The lowest BCUT2D eigenvalue weighted by Crippen LogP contribution is -2.45. The van der Waals surface area contributed by atoms with E-state index in [2.05, 4.69) is 25.4 Å². The number of primary amides is 1. The van der Waals surface area contributed by atoms with Gasteiger partial charge in [0.25, 0.3) is 11.9 Å². The van der Waals surface area contributed by atoms with Crippen molar-refractivity contribution in [2.24, 2.45) is 12.8 Å². The second-order valence-electron chi connectivity index (χ2n) is 9.07. The van der Waals surface area contributed by atoms with Gasteiger partial charge in [-0.05, 0) is 24.1 Å². The molecule has 0 bridgehead atoms. The van der Waals surface area contributed by atoms with Gasteiger partial charge in [-0.3, -0.25) is 14.3 Å². The Labute approximate surface area is 207 Å². The van der Waals surface area contributed by atoms with Gasteiger partial charge in [0.15, 0.2) is 17.1 Å². The highest BCUT2D eigenvalue weighted by molar-refractivity contribution is 5.96. The summed E-state index contributed by atoms with van der Waals surface area (Å²) in [6.45, 7) is 1.25. The first kappa shape index (κ1) is 23.3. The van der Waals surface area contributed by atoms with Gasteiger partial charge in [0.2, 0.25) is 5.91 Å². The average molecular weight is 490 g/mol. The largest absolute Gasteiger partial charge is 0.423 e. The van der Waals surface area contributed by atoms with E-state index in [1.807, 2.05) is 23.1 Å². The number of aromatic nitrogens is 5. The molecular weight excluding hydrogens is 462 g/mol. The molecule has 0 saturated carbocycles. The van der Waals surface area contributed by atoms with Crippen molar-refractivity contribution in [2.75, 3.05) is 37.4 Å². The number of hydrogen-bond acceptors (Lipinski definition) is 9. The SMILES string of the molecule is CN(C)C(=O)CCc1ccc2nc(N3CC(c4cnc(Nc5cnn(C)c5)c(C(N)=O)n4)C3)oc2c1. The highest BCUT2D eigenvalue weighted by atomic mass is 16.4. The predicted molar refractivity (Wildman–Crippen MR) is 133 cm³/mol. The van der Waals surface area contributed by atoms with E-state index in [9.17, 15) is 9.59 Å². The molecule has 3 N–H and O–H groups in total. The Bertz CT molecular complexity index is 1440. The third-order valence-corrected chi connectivity index (χ3v) is 6.13. The van der Waals surface area contributed by atoms with Crippen LogP contribution in [0, 0.1) is 0 Å². The molecule has 0 atom stereocenters. The van der Waals surface area contributed by atoms with Crippen LogP contribution in [-0.2, 0) is 18.3 Å². The summed E-state index contributed by atoms with van der Waals surface area (Å²) >= 11 is 0. The number of carbonyl (C=O) groups excluding carboxylic acids is 2. The van der Waals surface area contributed by atoms with Crippen LogP contribution in [-0.4, -0.2) is 68.6 Å². The maximum absolute atomic E-state index is 12.0. The van der Waals surface area contributed by atoms with Crippen molar-refractivity contribution in [1.82, 2.24) is 29.6 Å². The first-order valence-corrected chi connectivity index (χ1v) is 11.5. The van der Waals surface area contributed by atoms with Crippen LogP contribution >= 0.6 is 0 Å². The second-order valence-corrected chi connectivity index (χ2v) is 9.07. The van der Waals surface area contributed by atoms with Gasteiger partial charge in [0.1, 0.15) is 5.52 Å². The van der Waals surface area contributed by atoms with E-state index < -0.39 is 5.91 Å². The van der Waals surface area contributed by atoms with Crippen molar-refractivity contribution in [3.8, 4) is 0 Å². The molecule has 12 nitrogen and oxygen atoms in total. The lowest BCUT2D eigenvalue weighted by atomic mass is 9.97. The van der Waals surface area contributed by atoms with E-state index in [0.29, 0.717) is 48.9 Å². The molecule has 0 unspecified atom stereocenters. The molecule has 0 radical (unpaired) electrons. The first-order valence-electron chi connectivity index (χ1n) is 11.5. The molecule has 1 aliphatic rings. The zero-order valence-corrected chi connectivity index (χ0v) is 20.3. The Morgan fingerprint density at radius 3 is 2.72 bits per heavy atom. The van der Waals surface area contributed by atoms with E-state index in [1.165, 1.54) is 0 Å². The van der Waals surface area contributed by atoms with Gasteiger partial charge in [0.05, 0.1) is 23.8 Å². The van der Waals surface area contributed by atoms with Crippen molar-refractivity contribution < 1.29 is 14.0 Å². The van der Waals surface area contributed by atoms with E-state index in [4.69, 9.17) is 10.2 Å². The third-order valence-electron chi connectivity index (χ3n) is 6.13. The fourth-order valence-corrected chi connectivity index (χ4v) is 4.03. The summed E-state index contributed by atoms with van der Waals surface area (Å²) in [6.07, 6.45) is 6.12. The standard InChI is InChI=1S/C24H27N9O3/c1-31(2)20(34)7-5-14-4-6-17-19(8-14)36-24(30-17)33-11-15(12-33)18-10-26-23(21(29-18)22(25)35)28-16-9-27-32(3)13-16/h4,6,8-10,13,15H,5,7,11-12H2,1-3H3,(H2,25,35)(H,26,28). The maximum Gasteiger partial charge on any atom is 0.298 e. The van der Waals surface area contributed by atoms with Crippen LogP contribution in [0.3, 0.4) is 0 Å². The second kappa shape index (κ2) is 9.29. The van der Waals surface area contributed by atoms with Gasteiger partial charge in [0, 0.05) is 52.8 Å². The van der Waals surface area contributed by atoms with Crippen molar-refractivity contribution in [3.05, 3.63) is 53.7 Å². The molecule has 1 aliphatic heterocycles. The number of nitrogens with two attached hydrogens (primary N) is 1. The number of nitrogens with one attached hydrogen (secondary N) is 1. The minimum absolute atomic E-state index is 0.0608. The molecule has 4 aromatic rings. The molecular formula is C24H27N9O3. The van der Waals surface area contributed by atoms with Gasteiger partial charge in [-0.1, -0.05) is 6.07 Å². The van der Waals surface area contributed by atoms with Crippen molar-refractivity contribution in [3.63, 3.8) is 0 Å². The van der Waals surface area contributed by atoms with Crippen molar-refractivity contribution >= 4 is 40.4 Å². The minimum Gasteiger partial charge on any atom is -0.423 e. The number of fused-ring (bicyclic) bond motifs is 1. The third kappa shape index (κ3) is 4.69. The zero-order chi connectivity index (χ0) is 25.4. The number of carbonyl (C=O) groups is 2. The Hall–Kier alpha value is -4.48. The molecule has 36 heavy (non-hydrogen) atoms. The summed E-state index contributed by atoms with van der Waals surface area (Å²) in [7, 11) is 5.30. The van der Waals surface area contributed by atoms with E-state index in [-0.39, 0.29) is 23.3 Å². The van der Waals surface area contributed by atoms with Crippen LogP contribution in [0.15, 0.2) is 41.2 Å². The molecule has 0 aliphatic carbocycles. The highest BCUT2D eigenvalue weighted by Gasteiger charge is 2.33. The number of hydrogen-bond donors (Lipinski definition) is 2. The normalized spacial score (nSPS) is 13.6. The van der Waals surface area contributed by atoms with Crippen LogP contribution in [0.5, 0.6) is 0 Å². The Morgan fingerprint density at radius 2 is 2.03 bits per heavy atom. The summed E-state index contributed by atoms with van der Waals surface area (Å²) < 4.78 is 7.63. The molecule has 5 rings (SSSR count). The van der Waals surface area contributed by atoms with Gasteiger partial charge < -0.3 is 25.3 Å². The monoisotopic (exact) mass is 489 g/mol. The molecule has 1 aromatic carbocycles. The molecule has 1 fully saturated rings. The molecule has 2 amide bonds. The Kier molecular flexibility index (Phi) is 6.00. The summed E-state index contributed by atoms with van der Waals surface area (Å²) in [5.74, 6) is -0.222. The Morgan fingerprint density at radius 1 is 1.22 bits per heavy atom. The van der Waals surface area contributed by atoms with E-state index >= 15 is 0 Å². The molecule has 12 heteroatoms. The average Bonchev–Trinajstić information content (AvgIpc) is 3.42. The molecule has 1 saturated heterocycles. The van der Waals surface area contributed by atoms with E-state index in [0.717, 1.165) is 11.1 Å². The molecule has 3 aromatic heterocycles. The Balaban J connectivity index is 1.26. The van der Waals surface area contributed by atoms with Crippen molar-refractivity contribution in [2.45, 2.75) is 18.8 Å². The summed E-state index contributed by atoms with van der Waals surface area (Å²) in [5, 5.41) is 7.13. The van der Waals surface area contributed by atoms with Crippen LogP contribution in [0.25, 0.3) is 11.1 Å². The molecule has 186 valence electrons. The summed E-state index contributed by atoms with van der Waals surface area (Å²) in [5.41, 5.74) is 9.48. The topological polar surface area (TPSA) is 148 Å². The number of aryl methyl sites for hydroxylation is 2. The van der Waals surface area contributed by atoms with Gasteiger partial charge in [-0.2, -0.15) is 10.1 Å².